The van der Waals surface area contributed by atoms with Crippen LogP contribution in [0.3, 0.4) is 0 Å². The third kappa shape index (κ3) is 2.20. The van der Waals surface area contributed by atoms with Crippen LogP contribution in [0.25, 0.3) is 0 Å². The van der Waals surface area contributed by atoms with Crippen molar-refractivity contribution in [3.63, 3.8) is 0 Å². The Kier molecular flexibility index (Phi) is 2.57. The van der Waals surface area contributed by atoms with Crippen LogP contribution in [0.4, 0.5) is 18.9 Å². The van der Waals surface area contributed by atoms with Gasteiger partial charge in [0.05, 0.1) is 5.56 Å². The van der Waals surface area contributed by atoms with Crippen molar-refractivity contribution in [2.75, 3.05) is 11.9 Å². The van der Waals surface area contributed by atoms with Crippen LogP contribution < -0.4 is 5.32 Å². The molecule has 2 saturated carbocycles. The van der Waals surface area contributed by atoms with Gasteiger partial charge in [0, 0.05) is 12.2 Å². The van der Waals surface area contributed by atoms with E-state index in [1.165, 1.54) is 37.8 Å². The highest BCUT2D eigenvalue weighted by molar-refractivity contribution is 5.52. The third-order valence-electron chi connectivity index (χ3n) is 4.20. The number of halogens is 3. The van der Waals surface area contributed by atoms with Crippen molar-refractivity contribution < 1.29 is 13.2 Å². The van der Waals surface area contributed by atoms with Crippen molar-refractivity contribution in [3.05, 3.63) is 29.8 Å². The lowest BCUT2D eigenvalue weighted by molar-refractivity contribution is -0.137. The van der Waals surface area contributed by atoms with Gasteiger partial charge in [-0.05, 0) is 49.1 Å². The Bertz CT molecular complexity index is 445. The fourth-order valence-electron chi connectivity index (χ4n) is 2.74. The maximum absolute atomic E-state index is 12.8. The van der Waals surface area contributed by atoms with Gasteiger partial charge in [0.1, 0.15) is 0 Å². The van der Waals surface area contributed by atoms with Gasteiger partial charge in [0.25, 0.3) is 0 Å². The van der Waals surface area contributed by atoms with Gasteiger partial charge in [0.2, 0.25) is 0 Å². The van der Waals surface area contributed by atoms with Crippen LogP contribution in [0.15, 0.2) is 24.3 Å². The molecule has 1 nitrogen and oxygen atoms in total. The molecule has 2 aliphatic rings. The average molecular weight is 255 g/mol. The van der Waals surface area contributed by atoms with E-state index < -0.39 is 11.7 Å². The number of hydrogen-bond donors (Lipinski definition) is 1. The number of para-hydroxylation sites is 1. The topological polar surface area (TPSA) is 12.0 Å². The summed E-state index contributed by atoms with van der Waals surface area (Å²) in [5.74, 6) is 0.753. The van der Waals surface area contributed by atoms with Gasteiger partial charge in [-0.1, -0.05) is 12.1 Å². The summed E-state index contributed by atoms with van der Waals surface area (Å²) in [5, 5.41) is 3.02. The monoisotopic (exact) mass is 255 g/mol. The van der Waals surface area contributed by atoms with Crippen LogP contribution in [0.1, 0.15) is 31.2 Å². The van der Waals surface area contributed by atoms with Gasteiger partial charge in [0.15, 0.2) is 0 Å². The average Bonchev–Trinajstić information content (AvgIpc) is 3.17. The Hall–Kier alpha value is -1.19. The molecule has 2 fully saturated rings. The van der Waals surface area contributed by atoms with Crippen LogP contribution in [-0.2, 0) is 6.18 Å². The van der Waals surface area contributed by atoms with Crippen LogP contribution in [-0.4, -0.2) is 6.54 Å². The van der Waals surface area contributed by atoms with Crippen molar-refractivity contribution in [2.24, 2.45) is 11.3 Å². The molecule has 1 N–H and O–H groups in total. The van der Waals surface area contributed by atoms with Crippen LogP contribution in [0.5, 0.6) is 0 Å². The minimum Gasteiger partial charge on any atom is -0.384 e. The molecule has 1 aromatic rings. The maximum atomic E-state index is 12.8. The normalized spacial score (nSPS) is 21.7. The van der Waals surface area contributed by atoms with E-state index in [2.05, 4.69) is 5.32 Å². The molecule has 0 aromatic heterocycles. The van der Waals surface area contributed by atoms with E-state index in [1.54, 1.807) is 6.07 Å². The molecular weight excluding hydrogens is 239 g/mol. The molecule has 0 atom stereocenters. The van der Waals surface area contributed by atoms with Crippen molar-refractivity contribution >= 4 is 5.69 Å². The molecule has 0 saturated heterocycles. The van der Waals surface area contributed by atoms with Gasteiger partial charge in [-0.15, -0.1) is 0 Å². The highest BCUT2D eigenvalue weighted by Crippen LogP contribution is 2.61. The van der Waals surface area contributed by atoms with Gasteiger partial charge < -0.3 is 5.32 Å². The molecule has 1 aromatic carbocycles. The summed E-state index contributed by atoms with van der Waals surface area (Å²) in [4.78, 5) is 0. The van der Waals surface area contributed by atoms with Gasteiger partial charge >= 0.3 is 6.18 Å². The van der Waals surface area contributed by atoms with Crippen LogP contribution in [0.2, 0.25) is 0 Å². The van der Waals surface area contributed by atoms with E-state index >= 15 is 0 Å². The summed E-state index contributed by atoms with van der Waals surface area (Å²) in [7, 11) is 0. The summed E-state index contributed by atoms with van der Waals surface area (Å²) in [6, 6.07) is 5.74. The Balaban J connectivity index is 1.72. The molecule has 0 aliphatic heterocycles. The van der Waals surface area contributed by atoms with Gasteiger partial charge in [-0.2, -0.15) is 13.2 Å². The van der Waals surface area contributed by atoms with E-state index in [9.17, 15) is 13.2 Å². The van der Waals surface area contributed by atoms with Crippen LogP contribution >= 0.6 is 0 Å². The predicted octanol–water partition coefficient (Wildman–Crippen LogP) is 4.31. The number of hydrogen-bond acceptors (Lipinski definition) is 1. The summed E-state index contributed by atoms with van der Waals surface area (Å²) < 4.78 is 38.4. The standard InChI is InChI=1S/C14H16F3N/c15-14(16,17)11-3-1-2-4-12(11)18-9-13(7-8-13)10-5-6-10/h1-4,10,18H,5-9H2. The first kappa shape index (κ1) is 11.9. The molecule has 2 aliphatic carbocycles. The molecule has 0 heterocycles. The van der Waals surface area contributed by atoms with E-state index in [-0.39, 0.29) is 5.69 Å². The van der Waals surface area contributed by atoms with Crippen molar-refractivity contribution in [3.8, 4) is 0 Å². The Morgan fingerprint density at radius 1 is 1.17 bits per heavy atom. The molecule has 98 valence electrons. The fraction of sp³-hybridized carbons (Fsp3) is 0.571. The molecule has 4 heteroatoms. The zero-order valence-electron chi connectivity index (χ0n) is 10.1. The van der Waals surface area contributed by atoms with Gasteiger partial charge in [-0.25, -0.2) is 0 Å². The molecule has 0 bridgehead atoms. The summed E-state index contributed by atoms with van der Waals surface area (Å²) in [6.07, 6.45) is 0.558. The Morgan fingerprint density at radius 2 is 1.83 bits per heavy atom. The molecule has 0 radical (unpaired) electrons. The molecular formula is C14H16F3N. The van der Waals surface area contributed by atoms with E-state index in [0.717, 1.165) is 12.0 Å². The predicted molar refractivity (Wildman–Crippen MR) is 64.3 cm³/mol. The summed E-state index contributed by atoms with van der Waals surface area (Å²) in [5.41, 5.74) is -0.0351. The first-order valence-electron chi connectivity index (χ1n) is 6.41. The number of nitrogens with one attached hydrogen (secondary N) is 1. The Morgan fingerprint density at radius 3 is 2.39 bits per heavy atom. The number of alkyl halides is 3. The largest absolute Gasteiger partial charge is 0.418 e. The van der Waals surface area contributed by atoms with E-state index in [0.29, 0.717) is 12.0 Å². The second-order valence-electron chi connectivity index (χ2n) is 5.53. The lowest BCUT2D eigenvalue weighted by atomic mass is 10.0. The van der Waals surface area contributed by atoms with Crippen LogP contribution in [0, 0.1) is 11.3 Å². The molecule has 0 spiro atoms. The number of benzene rings is 1. The maximum Gasteiger partial charge on any atom is 0.418 e. The van der Waals surface area contributed by atoms with E-state index in [4.69, 9.17) is 0 Å². The lowest BCUT2D eigenvalue weighted by Crippen LogP contribution is -2.19. The second kappa shape index (κ2) is 3.90. The smallest absolute Gasteiger partial charge is 0.384 e. The second-order valence-corrected chi connectivity index (χ2v) is 5.53. The van der Waals surface area contributed by atoms with E-state index in [1.807, 2.05) is 0 Å². The minimum atomic E-state index is -4.28. The number of rotatable bonds is 4. The SMILES string of the molecule is FC(F)(F)c1ccccc1NCC1(C2CC2)CC1. The quantitative estimate of drug-likeness (QED) is 0.845. The first-order valence-corrected chi connectivity index (χ1v) is 6.41. The summed E-state index contributed by atoms with van der Waals surface area (Å²) in [6.45, 7) is 0.685. The molecule has 0 unspecified atom stereocenters. The minimum absolute atomic E-state index is 0.219. The number of anilines is 1. The highest BCUT2D eigenvalue weighted by atomic mass is 19.4. The zero-order valence-corrected chi connectivity index (χ0v) is 10.1. The molecule has 18 heavy (non-hydrogen) atoms. The lowest BCUT2D eigenvalue weighted by Gasteiger charge is -2.19. The van der Waals surface area contributed by atoms with Gasteiger partial charge in [-0.3, -0.25) is 0 Å². The first-order chi connectivity index (χ1) is 8.51. The zero-order chi connectivity index (χ0) is 12.8. The highest BCUT2D eigenvalue weighted by Gasteiger charge is 2.53. The summed E-state index contributed by atoms with van der Waals surface area (Å²) >= 11 is 0. The third-order valence-corrected chi connectivity index (χ3v) is 4.20. The van der Waals surface area contributed by atoms with Crippen molar-refractivity contribution in [1.29, 1.82) is 0 Å². The Labute approximate surface area is 104 Å². The molecule has 3 rings (SSSR count). The molecule has 0 amide bonds. The van der Waals surface area contributed by atoms with Crippen molar-refractivity contribution in [2.45, 2.75) is 31.9 Å². The fourth-order valence-corrected chi connectivity index (χ4v) is 2.74. The van der Waals surface area contributed by atoms with Crippen molar-refractivity contribution in [1.82, 2.24) is 0 Å².